The van der Waals surface area contributed by atoms with Gasteiger partial charge in [-0.05, 0) is 36.8 Å². The van der Waals surface area contributed by atoms with Crippen LogP contribution in [0.25, 0.3) is 0 Å². The molecule has 0 aliphatic carbocycles. The van der Waals surface area contributed by atoms with E-state index in [0.717, 1.165) is 5.56 Å². The number of allylic oxidation sites excluding steroid dienone is 1. The summed E-state index contributed by atoms with van der Waals surface area (Å²) >= 11 is 7.24. The number of nitrogens with one attached hydrogen (secondary N) is 2. The molecule has 0 bridgehead atoms. The minimum absolute atomic E-state index is 0.139. The highest BCUT2D eigenvalue weighted by atomic mass is 35.5. The number of amides is 2. The van der Waals surface area contributed by atoms with Crippen molar-refractivity contribution in [1.82, 2.24) is 20.1 Å². The number of halogens is 1. The van der Waals surface area contributed by atoms with E-state index >= 15 is 0 Å². The molecule has 156 valence electrons. The van der Waals surface area contributed by atoms with Crippen LogP contribution in [0.4, 0.5) is 5.69 Å². The van der Waals surface area contributed by atoms with Crippen molar-refractivity contribution < 1.29 is 14.0 Å². The molecule has 2 aromatic heterocycles. The smallest absolute Gasteiger partial charge is 0.287 e. The lowest BCUT2D eigenvalue weighted by Crippen LogP contribution is -2.24. The number of thioether (sulfide) groups is 1. The van der Waals surface area contributed by atoms with Crippen LogP contribution in [0.2, 0.25) is 5.02 Å². The Kier molecular flexibility index (Phi) is 7.31. The third kappa shape index (κ3) is 5.52. The number of hydrogen-bond donors (Lipinski definition) is 2. The summed E-state index contributed by atoms with van der Waals surface area (Å²) in [5.41, 5.74) is 1.59. The average molecular weight is 446 g/mol. The van der Waals surface area contributed by atoms with Crippen molar-refractivity contribution in [1.29, 1.82) is 0 Å². The summed E-state index contributed by atoms with van der Waals surface area (Å²) in [4.78, 5) is 24.4. The first-order valence-corrected chi connectivity index (χ1v) is 10.4. The Labute approximate surface area is 182 Å². The van der Waals surface area contributed by atoms with Crippen molar-refractivity contribution in [2.24, 2.45) is 0 Å². The molecule has 0 fully saturated rings. The predicted octanol–water partition coefficient (Wildman–Crippen LogP) is 3.68. The number of anilines is 1. The molecule has 8 nitrogen and oxygen atoms in total. The van der Waals surface area contributed by atoms with Gasteiger partial charge >= 0.3 is 0 Å². The van der Waals surface area contributed by atoms with Crippen molar-refractivity contribution in [3.63, 3.8) is 0 Å². The van der Waals surface area contributed by atoms with Gasteiger partial charge in [-0.25, -0.2) is 0 Å². The van der Waals surface area contributed by atoms with Gasteiger partial charge in [0.05, 0.1) is 18.6 Å². The molecule has 0 atom stereocenters. The SMILES string of the molecule is C=CCn1c(CNC(=O)c2ccco2)nnc1SCC(=O)Nc1cc(Cl)ccc1C. The van der Waals surface area contributed by atoms with Crippen LogP contribution in [-0.2, 0) is 17.9 Å². The second kappa shape index (κ2) is 10.1. The number of rotatable bonds is 9. The average Bonchev–Trinajstić information content (AvgIpc) is 3.38. The van der Waals surface area contributed by atoms with Gasteiger partial charge in [-0.1, -0.05) is 35.5 Å². The molecule has 0 unspecified atom stereocenters. The molecule has 3 aromatic rings. The highest BCUT2D eigenvalue weighted by Gasteiger charge is 2.16. The van der Waals surface area contributed by atoms with E-state index < -0.39 is 0 Å². The monoisotopic (exact) mass is 445 g/mol. The first-order valence-electron chi connectivity index (χ1n) is 9.01. The summed E-state index contributed by atoms with van der Waals surface area (Å²) in [5, 5.41) is 14.9. The lowest BCUT2D eigenvalue weighted by Gasteiger charge is -2.10. The number of benzene rings is 1. The molecule has 0 spiro atoms. The molecule has 0 aliphatic rings. The lowest BCUT2D eigenvalue weighted by atomic mass is 10.2. The molecule has 10 heteroatoms. The molecule has 2 N–H and O–H groups in total. The zero-order chi connectivity index (χ0) is 21.5. The number of aromatic nitrogens is 3. The first kappa shape index (κ1) is 21.7. The van der Waals surface area contributed by atoms with Crippen molar-refractivity contribution >= 4 is 40.9 Å². The molecule has 2 amide bonds. The van der Waals surface area contributed by atoms with Gasteiger partial charge in [0.2, 0.25) is 5.91 Å². The van der Waals surface area contributed by atoms with Crippen molar-refractivity contribution in [2.45, 2.75) is 25.2 Å². The topological polar surface area (TPSA) is 102 Å². The van der Waals surface area contributed by atoms with E-state index in [0.29, 0.717) is 28.2 Å². The van der Waals surface area contributed by atoms with E-state index in [9.17, 15) is 9.59 Å². The maximum atomic E-state index is 12.4. The van der Waals surface area contributed by atoms with Crippen LogP contribution in [0.5, 0.6) is 0 Å². The number of carbonyl (C=O) groups excluding carboxylic acids is 2. The largest absolute Gasteiger partial charge is 0.459 e. The molecule has 3 rings (SSSR count). The molecule has 0 aliphatic heterocycles. The third-order valence-corrected chi connectivity index (χ3v) is 5.27. The summed E-state index contributed by atoms with van der Waals surface area (Å²) in [7, 11) is 0. The van der Waals surface area contributed by atoms with Crippen LogP contribution in [0.3, 0.4) is 0 Å². The van der Waals surface area contributed by atoms with Gasteiger partial charge in [-0.15, -0.1) is 16.8 Å². The summed E-state index contributed by atoms with van der Waals surface area (Å²) < 4.78 is 6.86. The Morgan fingerprint density at radius 1 is 1.33 bits per heavy atom. The predicted molar refractivity (Wildman–Crippen MR) is 116 cm³/mol. The molecule has 0 radical (unpaired) electrons. The Bertz CT molecular complexity index is 1050. The number of hydrogen-bond acceptors (Lipinski definition) is 6. The van der Waals surface area contributed by atoms with Gasteiger partial charge in [0, 0.05) is 17.3 Å². The number of furan rings is 1. The van der Waals surface area contributed by atoms with Crippen LogP contribution in [-0.4, -0.2) is 32.3 Å². The van der Waals surface area contributed by atoms with Crippen LogP contribution in [0.1, 0.15) is 21.9 Å². The fraction of sp³-hybridized carbons (Fsp3) is 0.200. The number of aryl methyl sites for hydroxylation is 1. The van der Waals surface area contributed by atoms with Crippen molar-refractivity contribution in [3.8, 4) is 0 Å². The van der Waals surface area contributed by atoms with Crippen molar-refractivity contribution in [3.05, 3.63) is 71.4 Å². The van der Waals surface area contributed by atoms with Gasteiger partial charge < -0.3 is 19.6 Å². The Morgan fingerprint density at radius 3 is 2.90 bits per heavy atom. The zero-order valence-corrected chi connectivity index (χ0v) is 17.8. The maximum Gasteiger partial charge on any atom is 0.287 e. The summed E-state index contributed by atoms with van der Waals surface area (Å²) in [6, 6.07) is 8.53. The van der Waals surface area contributed by atoms with Gasteiger partial charge in [0.25, 0.3) is 5.91 Å². The van der Waals surface area contributed by atoms with Crippen LogP contribution in [0.15, 0.2) is 58.8 Å². The fourth-order valence-corrected chi connectivity index (χ4v) is 3.51. The van der Waals surface area contributed by atoms with E-state index in [1.54, 1.807) is 34.9 Å². The second-order valence-corrected chi connectivity index (χ2v) is 7.63. The molecule has 0 saturated heterocycles. The van der Waals surface area contributed by atoms with Crippen LogP contribution < -0.4 is 10.6 Å². The Balaban J connectivity index is 1.61. The normalized spacial score (nSPS) is 10.6. The van der Waals surface area contributed by atoms with Gasteiger partial charge in [-0.2, -0.15) is 0 Å². The fourth-order valence-electron chi connectivity index (χ4n) is 2.57. The molecule has 2 heterocycles. The van der Waals surface area contributed by atoms with Gasteiger partial charge in [0.1, 0.15) is 0 Å². The minimum atomic E-state index is -0.348. The minimum Gasteiger partial charge on any atom is -0.459 e. The molecule has 0 saturated carbocycles. The maximum absolute atomic E-state index is 12.4. The zero-order valence-electron chi connectivity index (χ0n) is 16.2. The molecular weight excluding hydrogens is 426 g/mol. The van der Waals surface area contributed by atoms with Gasteiger partial charge in [-0.3, -0.25) is 9.59 Å². The standard InChI is InChI=1S/C20H20ClN5O3S/c1-3-8-26-17(11-22-19(28)16-5-4-9-29-16)24-25-20(26)30-12-18(27)23-15-10-14(21)7-6-13(15)2/h3-7,9-10H,1,8,11-12H2,2H3,(H,22,28)(H,23,27). The summed E-state index contributed by atoms with van der Waals surface area (Å²) in [6.07, 6.45) is 3.13. The first-order chi connectivity index (χ1) is 14.5. The lowest BCUT2D eigenvalue weighted by molar-refractivity contribution is -0.113. The number of carbonyl (C=O) groups is 2. The van der Waals surface area contributed by atoms with Crippen LogP contribution >= 0.6 is 23.4 Å². The van der Waals surface area contributed by atoms with Gasteiger partial charge in [0.15, 0.2) is 16.7 Å². The molecule has 1 aromatic carbocycles. The summed E-state index contributed by atoms with van der Waals surface area (Å²) in [6.45, 7) is 6.24. The molecule has 30 heavy (non-hydrogen) atoms. The molecular formula is C20H20ClN5O3S. The highest BCUT2D eigenvalue weighted by Crippen LogP contribution is 2.22. The Morgan fingerprint density at radius 2 is 2.17 bits per heavy atom. The quantitative estimate of drug-likeness (QED) is 0.385. The van der Waals surface area contributed by atoms with Crippen molar-refractivity contribution in [2.75, 3.05) is 11.1 Å². The second-order valence-electron chi connectivity index (χ2n) is 6.25. The van der Waals surface area contributed by atoms with E-state index in [4.69, 9.17) is 16.0 Å². The van der Waals surface area contributed by atoms with E-state index in [-0.39, 0.29) is 29.9 Å². The van der Waals surface area contributed by atoms with E-state index in [1.807, 2.05) is 13.0 Å². The van der Waals surface area contributed by atoms with E-state index in [1.165, 1.54) is 18.0 Å². The Hall–Kier alpha value is -3.04. The van der Waals surface area contributed by atoms with Crippen LogP contribution in [0, 0.1) is 6.92 Å². The highest BCUT2D eigenvalue weighted by molar-refractivity contribution is 7.99. The van der Waals surface area contributed by atoms with E-state index in [2.05, 4.69) is 27.4 Å². The summed E-state index contributed by atoms with van der Waals surface area (Å²) in [5.74, 6) is 0.362. The number of nitrogens with zero attached hydrogens (tertiary/aromatic N) is 3. The third-order valence-electron chi connectivity index (χ3n) is 4.06.